The lowest BCUT2D eigenvalue weighted by Crippen LogP contribution is -2.32. The molecule has 3 rings (SSSR count). The van der Waals surface area contributed by atoms with E-state index < -0.39 is 18.4 Å². The van der Waals surface area contributed by atoms with Gasteiger partial charge in [0, 0.05) is 33.5 Å². The number of nitrogens with zero attached hydrogens (tertiary/aromatic N) is 6. The minimum absolute atomic E-state index is 0.0767. The summed E-state index contributed by atoms with van der Waals surface area (Å²) >= 11 is 0. The first-order chi connectivity index (χ1) is 11.9. The van der Waals surface area contributed by atoms with Gasteiger partial charge >= 0.3 is 0 Å². The fourth-order valence-electron chi connectivity index (χ4n) is 2.64. The molecule has 3 heterocycles. The van der Waals surface area contributed by atoms with Gasteiger partial charge in [-0.2, -0.15) is 15.3 Å². The Labute approximate surface area is 142 Å². The van der Waals surface area contributed by atoms with Crippen molar-refractivity contribution < 1.29 is 13.6 Å². The maximum absolute atomic E-state index is 12.9. The molecule has 0 saturated heterocycles. The average molecular weight is 349 g/mol. The highest BCUT2D eigenvalue weighted by atomic mass is 19.3. The second-order valence-electron chi connectivity index (χ2n) is 5.54. The van der Waals surface area contributed by atoms with Crippen molar-refractivity contribution in [2.24, 2.45) is 21.1 Å². The Hall–Kier alpha value is -3.04. The van der Waals surface area contributed by atoms with Gasteiger partial charge < -0.3 is 5.32 Å². The average Bonchev–Trinajstić information content (AvgIpc) is 3.25. The lowest BCUT2D eigenvalue weighted by molar-refractivity contribution is 0.0934. The van der Waals surface area contributed by atoms with Crippen molar-refractivity contribution in [1.82, 2.24) is 34.7 Å². The number of aromatic nitrogens is 6. The largest absolute Gasteiger partial charge is 0.337 e. The predicted octanol–water partition coefficient (Wildman–Crippen LogP) is 1.34. The molecule has 0 saturated carbocycles. The summed E-state index contributed by atoms with van der Waals surface area (Å²) in [4.78, 5) is 12.6. The molecule has 0 aliphatic carbocycles. The van der Waals surface area contributed by atoms with Crippen LogP contribution in [-0.4, -0.2) is 35.2 Å². The standard InChI is InChI=1S/C15H17F2N7O/c1-22-10(4-6-18-22)13(11-5-7-19-23(11)2)20-15(25)9-8-12(14(16)17)24(3)21-9/h4-8,13-14H,1-3H3,(H,20,25). The van der Waals surface area contributed by atoms with Crippen LogP contribution in [0.1, 0.15) is 40.0 Å². The van der Waals surface area contributed by atoms with E-state index in [0.717, 1.165) is 22.1 Å². The highest BCUT2D eigenvalue weighted by Gasteiger charge is 2.25. The molecule has 0 atom stereocenters. The molecule has 0 aliphatic rings. The van der Waals surface area contributed by atoms with Gasteiger partial charge in [-0.15, -0.1) is 0 Å². The maximum atomic E-state index is 12.9. The first kappa shape index (κ1) is 16.8. The number of rotatable bonds is 5. The van der Waals surface area contributed by atoms with E-state index in [4.69, 9.17) is 0 Å². The molecule has 10 heteroatoms. The molecule has 0 aromatic carbocycles. The molecule has 0 bridgehead atoms. The number of nitrogens with one attached hydrogen (secondary N) is 1. The normalized spacial score (nSPS) is 11.5. The summed E-state index contributed by atoms with van der Waals surface area (Å²) in [6, 6.07) is 4.07. The summed E-state index contributed by atoms with van der Waals surface area (Å²) in [6.45, 7) is 0. The van der Waals surface area contributed by atoms with Crippen LogP contribution >= 0.6 is 0 Å². The molecule has 25 heavy (non-hydrogen) atoms. The van der Waals surface area contributed by atoms with Crippen LogP contribution in [0, 0.1) is 0 Å². The van der Waals surface area contributed by atoms with Crippen LogP contribution in [0.2, 0.25) is 0 Å². The van der Waals surface area contributed by atoms with Crippen molar-refractivity contribution in [2.75, 3.05) is 0 Å². The zero-order valence-corrected chi connectivity index (χ0v) is 13.9. The van der Waals surface area contributed by atoms with Gasteiger partial charge in [0.05, 0.1) is 11.4 Å². The molecular formula is C15H17F2N7O. The van der Waals surface area contributed by atoms with Crippen molar-refractivity contribution in [2.45, 2.75) is 12.5 Å². The molecule has 1 amide bonds. The van der Waals surface area contributed by atoms with E-state index in [1.807, 2.05) is 0 Å². The van der Waals surface area contributed by atoms with E-state index in [9.17, 15) is 13.6 Å². The first-order valence-corrected chi connectivity index (χ1v) is 7.47. The third kappa shape index (κ3) is 3.14. The zero-order chi connectivity index (χ0) is 18.1. The van der Waals surface area contributed by atoms with Gasteiger partial charge in [0.1, 0.15) is 11.7 Å². The van der Waals surface area contributed by atoms with Gasteiger partial charge in [-0.25, -0.2) is 8.78 Å². The van der Waals surface area contributed by atoms with Crippen LogP contribution in [0.4, 0.5) is 8.78 Å². The number of carbonyl (C=O) groups is 1. The molecule has 3 aromatic rings. The number of hydrogen-bond acceptors (Lipinski definition) is 4. The Morgan fingerprint density at radius 1 is 1.00 bits per heavy atom. The molecule has 0 aliphatic heterocycles. The number of aryl methyl sites for hydroxylation is 3. The van der Waals surface area contributed by atoms with Gasteiger partial charge in [0.25, 0.3) is 12.3 Å². The lowest BCUT2D eigenvalue weighted by atomic mass is 10.1. The molecule has 0 unspecified atom stereocenters. The topological polar surface area (TPSA) is 82.6 Å². The number of halogens is 2. The summed E-state index contributed by atoms with van der Waals surface area (Å²) in [5.74, 6) is -0.560. The molecule has 3 aromatic heterocycles. The molecule has 1 N–H and O–H groups in total. The van der Waals surface area contributed by atoms with E-state index in [1.54, 1.807) is 48.0 Å². The quantitative estimate of drug-likeness (QED) is 0.754. The van der Waals surface area contributed by atoms with Crippen molar-refractivity contribution in [3.8, 4) is 0 Å². The van der Waals surface area contributed by atoms with Gasteiger partial charge in [0.2, 0.25) is 0 Å². The Balaban J connectivity index is 1.93. The zero-order valence-electron chi connectivity index (χ0n) is 13.9. The van der Waals surface area contributed by atoms with Crippen LogP contribution in [0.15, 0.2) is 30.6 Å². The summed E-state index contributed by atoms with van der Waals surface area (Å²) in [5, 5.41) is 14.9. The monoisotopic (exact) mass is 349 g/mol. The van der Waals surface area contributed by atoms with E-state index in [1.165, 1.54) is 7.05 Å². The summed E-state index contributed by atoms with van der Waals surface area (Å²) in [6.07, 6.45) is 0.519. The lowest BCUT2D eigenvalue weighted by Gasteiger charge is -2.19. The van der Waals surface area contributed by atoms with Gasteiger partial charge in [-0.3, -0.25) is 18.8 Å². The molecule has 0 radical (unpaired) electrons. The highest BCUT2D eigenvalue weighted by molar-refractivity contribution is 5.92. The number of alkyl halides is 2. The Morgan fingerprint density at radius 2 is 1.56 bits per heavy atom. The van der Waals surface area contributed by atoms with Crippen LogP contribution < -0.4 is 5.32 Å². The van der Waals surface area contributed by atoms with Crippen molar-refractivity contribution in [1.29, 1.82) is 0 Å². The molecular weight excluding hydrogens is 332 g/mol. The molecule has 8 nitrogen and oxygen atoms in total. The minimum Gasteiger partial charge on any atom is -0.337 e. The van der Waals surface area contributed by atoms with Crippen molar-refractivity contribution in [3.05, 3.63) is 53.4 Å². The highest BCUT2D eigenvalue weighted by Crippen LogP contribution is 2.23. The second kappa shape index (κ2) is 6.46. The second-order valence-corrected chi connectivity index (χ2v) is 5.54. The number of amides is 1. The molecule has 132 valence electrons. The van der Waals surface area contributed by atoms with E-state index in [-0.39, 0.29) is 11.4 Å². The molecule has 0 fully saturated rings. The van der Waals surface area contributed by atoms with Crippen molar-refractivity contribution >= 4 is 5.91 Å². The smallest absolute Gasteiger partial charge is 0.280 e. The fraction of sp³-hybridized carbons (Fsp3) is 0.333. The third-order valence-electron chi connectivity index (χ3n) is 3.96. The van der Waals surface area contributed by atoms with E-state index in [0.29, 0.717) is 0 Å². The third-order valence-corrected chi connectivity index (χ3v) is 3.96. The van der Waals surface area contributed by atoms with Crippen LogP contribution in [-0.2, 0) is 21.1 Å². The minimum atomic E-state index is -2.70. The SMILES string of the molecule is Cn1nc(C(=O)NC(c2ccnn2C)c2ccnn2C)cc1C(F)F. The summed E-state index contributed by atoms with van der Waals surface area (Å²) < 4.78 is 30.1. The fourth-order valence-corrected chi connectivity index (χ4v) is 2.64. The van der Waals surface area contributed by atoms with Gasteiger partial charge in [-0.1, -0.05) is 0 Å². The Kier molecular flexibility index (Phi) is 4.34. The van der Waals surface area contributed by atoms with Crippen molar-refractivity contribution in [3.63, 3.8) is 0 Å². The number of carbonyl (C=O) groups excluding carboxylic acids is 1. The maximum Gasteiger partial charge on any atom is 0.280 e. The Bertz CT molecular complexity index is 855. The van der Waals surface area contributed by atoms with Gasteiger partial charge in [-0.05, 0) is 18.2 Å². The Morgan fingerprint density at radius 3 is 1.96 bits per heavy atom. The molecule has 0 spiro atoms. The van der Waals surface area contributed by atoms with Gasteiger partial charge in [0.15, 0.2) is 5.69 Å². The van der Waals surface area contributed by atoms with Crippen LogP contribution in [0.5, 0.6) is 0 Å². The van der Waals surface area contributed by atoms with E-state index in [2.05, 4.69) is 20.6 Å². The summed E-state index contributed by atoms with van der Waals surface area (Å²) in [5.41, 5.74) is 1.05. The van der Waals surface area contributed by atoms with Crippen LogP contribution in [0.25, 0.3) is 0 Å². The number of hydrogen-bond donors (Lipinski definition) is 1. The predicted molar refractivity (Wildman–Crippen MR) is 83.9 cm³/mol. The van der Waals surface area contributed by atoms with E-state index >= 15 is 0 Å². The first-order valence-electron chi connectivity index (χ1n) is 7.47. The summed E-state index contributed by atoms with van der Waals surface area (Å²) in [7, 11) is 4.87. The van der Waals surface area contributed by atoms with Crippen LogP contribution in [0.3, 0.4) is 0 Å².